The van der Waals surface area contributed by atoms with Crippen LogP contribution >= 0.6 is 15.9 Å². The molecule has 1 aliphatic carbocycles. The molecule has 194 valence electrons. The van der Waals surface area contributed by atoms with Gasteiger partial charge in [0, 0.05) is 63.5 Å². The zero-order valence-corrected chi connectivity index (χ0v) is 22.0. The number of aryl methyl sites for hydroxylation is 1. The van der Waals surface area contributed by atoms with Crippen LogP contribution < -0.4 is 21.1 Å². The number of hydrogen-bond acceptors (Lipinski definition) is 6. The monoisotopic (exact) mass is 564 g/mol. The molecule has 1 aliphatic heterocycles. The van der Waals surface area contributed by atoms with Crippen LogP contribution in [0.3, 0.4) is 0 Å². The summed E-state index contributed by atoms with van der Waals surface area (Å²) in [5, 5.41) is 5.92. The van der Waals surface area contributed by atoms with Crippen molar-refractivity contribution in [3.63, 3.8) is 0 Å². The Balaban J connectivity index is 1.54. The summed E-state index contributed by atoms with van der Waals surface area (Å²) in [4.78, 5) is 33.4. The number of piperazine rings is 1. The molecule has 8 nitrogen and oxygen atoms in total. The smallest absolute Gasteiger partial charge is 0.293 e. The number of nitrogens with one attached hydrogen (secondary N) is 2. The SMILES string of the molecule is C=CC(=O)Nc1cc(Nc2nc(Br)cn(C)c2=O)ccc1N1CCN(C2CCC(F)(F)CC2)C[C@@H]1C. The van der Waals surface area contributed by atoms with Gasteiger partial charge in [-0.25, -0.2) is 13.8 Å². The Kier molecular flexibility index (Phi) is 7.79. The van der Waals surface area contributed by atoms with Crippen LogP contribution in [0.2, 0.25) is 0 Å². The fourth-order valence-electron chi connectivity index (χ4n) is 5.00. The van der Waals surface area contributed by atoms with E-state index in [9.17, 15) is 18.4 Å². The molecule has 0 radical (unpaired) electrons. The normalized spacial score (nSPS) is 20.7. The van der Waals surface area contributed by atoms with Crippen LogP contribution in [0.4, 0.5) is 31.7 Å². The van der Waals surface area contributed by atoms with E-state index in [2.05, 4.69) is 54.8 Å². The summed E-state index contributed by atoms with van der Waals surface area (Å²) in [5.74, 6) is -2.73. The van der Waals surface area contributed by atoms with Gasteiger partial charge in [-0.2, -0.15) is 0 Å². The van der Waals surface area contributed by atoms with Gasteiger partial charge in [-0.15, -0.1) is 0 Å². The molecule has 36 heavy (non-hydrogen) atoms. The van der Waals surface area contributed by atoms with Crippen molar-refractivity contribution in [2.24, 2.45) is 7.05 Å². The van der Waals surface area contributed by atoms with Crippen molar-refractivity contribution in [2.45, 2.75) is 50.6 Å². The number of aromatic nitrogens is 2. The Bertz CT molecular complexity index is 1190. The average Bonchev–Trinajstić information content (AvgIpc) is 2.82. The second-order valence-corrected chi connectivity index (χ2v) is 10.3. The summed E-state index contributed by atoms with van der Waals surface area (Å²) in [7, 11) is 1.64. The Labute approximate surface area is 217 Å². The molecule has 0 unspecified atom stereocenters. The largest absolute Gasteiger partial charge is 0.365 e. The van der Waals surface area contributed by atoms with Crippen molar-refractivity contribution in [3.05, 3.63) is 52.0 Å². The molecule has 1 amide bonds. The molecule has 1 saturated heterocycles. The van der Waals surface area contributed by atoms with E-state index in [0.717, 1.165) is 18.8 Å². The third-order valence-electron chi connectivity index (χ3n) is 6.92. The molecule has 1 aromatic heterocycles. The quantitative estimate of drug-likeness (QED) is 0.503. The first-order chi connectivity index (χ1) is 17.1. The lowest BCUT2D eigenvalue weighted by atomic mass is 9.90. The van der Waals surface area contributed by atoms with E-state index >= 15 is 0 Å². The zero-order valence-electron chi connectivity index (χ0n) is 20.4. The molecule has 2 N–H and O–H groups in total. The number of rotatable bonds is 6. The summed E-state index contributed by atoms with van der Waals surface area (Å²) in [6.45, 7) is 7.86. The number of halogens is 3. The number of benzene rings is 1. The minimum Gasteiger partial charge on any atom is -0.365 e. The first-order valence-electron chi connectivity index (χ1n) is 12.0. The molecular formula is C25H31BrF2N6O2. The highest BCUT2D eigenvalue weighted by Crippen LogP contribution is 2.37. The lowest BCUT2D eigenvalue weighted by Crippen LogP contribution is -2.56. The van der Waals surface area contributed by atoms with Gasteiger partial charge < -0.3 is 20.1 Å². The number of hydrogen-bond donors (Lipinski definition) is 2. The average molecular weight is 565 g/mol. The van der Waals surface area contributed by atoms with Crippen LogP contribution in [-0.2, 0) is 11.8 Å². The molecule has 0 bridgehead atoms. The standard InChI is InChI=1S/C25H31BrF2N6O2/c1-4-22(35)30-19-13-17(29-23-24(36)32(3)15-21(26)31-23)5-6-20(19)34-12-11-33(14-16(34)2)18-7-9-25(27,28)10-8-18/h4-6,13,15-16,18H,1,7-12,14H2,2-3H3,(H,29,31)(H,30,35)/t16-/m0/s1. The molecule has 1 aromatic carbocycles. The number of alkyl halides is 2. The maximum Gasteiger partial charge on any atom is 0.293 e. The highest BCUT2D eigenvalue weighted by molar-refractivity contribution is 9.10. The van der Waals surface area contributed by atoms with E-state index < -0.39 is 5.92 Å². The molecule has 0 spiro atoms. The predicted octanol–water partition coefficient (Wildman–Crippen LogP) is 4.50. The first kappa shape index (κ1) is 26.3. The number of amides is 1. The number of carbonyl (C=O) groups excluding carboxylic acids is 1. The summed E-state index contributed by atoms with van der Waals surface area (Å²) in [6, 6.07) is 5.79. The van der Waals surface area contributed by atoms with Gasteiger partial charge in [-0.1, -0.05) is 6.58 Å². The molecule has 1 atom stereocenters. The Morgan fingerprint density at radius 2 is 2.00 bits per heavy atom. The molecular weight excluding hydrogens is 534 g/mol. The maximum atomic E-state index is 13.6. The molecule has 2 heterocycles. The Morgan fingerprint density at radius 3 is 2.67 bits per heavy atom. The summed E-state index contributed by atoms with van der Waals surface area (Å²) in [6.07, 6.45) is 3.72. The second-order valence-electron chi connectivity index (χ2n) is 9.50. The number of anilines is 4. The van der Waals surface area contributed by atoms with Gasteiger partial charge in [-0.3, -0.25) is 14.5 Å². The maximum absolute atomic E-state index is 13.6. The van der Waals surface area contributed by atoms with E-state index in [0.29, 0.717) is 35.4 Å². The Hall–Kier alpha value is -2.79. The molecule has 2 aromatic rings. The van der Waals surface area contributed by atoms with Crippen LogP contribution in [-0.4, -0.2) is 58.0 Å². The summed E-state index contributed by atoms with van der Waals surface area (Å²) in [5.41, 5.74) is 1.72. The highest BCUT2D eigenvalue weighted by Gasteiger charge is 2.38. The van der Waals surface area contributed by atoms with Crippen molar-refractivity contribution in [2.75, 3.05) is 35.2 Å². The third-order valence-corrected chi connectivity index (χ3v) is 7.30. The van der Waals surface area contributed by atoms with Crippen molar-refractivity contribution in [1.82, 2.24) is 14.5 Å². The minimum atomic E-state index is -2.53. The van der Waals surface area contributed by atoms with Crippen molar-refractivity contribution in [1.29, 1.82) is 0 Å². The van der Waals surface area contributed by atoms with E-state index in [4.69, 9.17) is 0 Å². The zero-order chi connectivity index (χ0) is 26.0. The highest BCUT2D eigenvalue weighted by atomic mass is 79.9. The first-order valence-corrected chi connectivity index (χ1v) is 12.8. The van der Waals surface area contributed by atoms with Crippen molar-refractivity contribution in [3.8, 4) is 0 Å². The van der Waals surface area contributed by atoms with Crippen LogP contribution in [0.5, 0.6) is 0 Å². The van der Waals surface area contributed by atoms with Gasteiger partial charge in [0.1, 0.15) is 4.60 Å². The second kappa shape index (κ2) is 10.7. The molecule has 11 heteroatoms. The van der Waals surface area contributed by atoms with Gasteiger partial charge in [0.15, 0.2) is 5.82 Å². The van der Waals surface area contributed by atoms with Gasteiger partial charge in [0.05, 0.1) is 11.4 Å². The van der Waals surface area contributed by atoms with E-state index in [1.165, 1.54) is 10.6 Å². The predicted molar refractivity (Wildman–Crippen MR) is 141 cm³/mol. The van der Waals surface area contributed by atoms with Gasteiger partial charge in [0.25, 0.3) is 5.56 Å². The number of nitrogens with zero attached hydrogens (tertiary/aromatic N) is 4. The molecule has 2 fully saturated rings. The van der Waals surface area contributed by atoms with E-state index in [-0.39, 0.29) is 42.2 Å². The third kappa shape index (κ3) is 5.95. The molecule has 1 saturated carbocycles. The fourth-order valence-corrected chi connectivity index (χ4v) is 5.49. The fraction of sp³-hybridized carbons (Fsp3) is 0.480. The van der Waals surface area contributed by atoms with E-state index in [1.54, 1.807) is 19.3 Å². The van der Waals surface area contributed by atoms with Crippen LogP contribution in [0, 0.1) is 0 Å². The lowest BCUT2D eigenvalue weighted by molar-refractivity contribution is -0.111. The van der Waals surface area contributed by atoms with Gasteiger partial charge in [0.2, 0.25) is 11.8 Å². The van der Waals surface area contributed by atoms with Gasteiger partial charge in [-0.05, 0) is 60.0 Å². The van der Waals surface area contributed by atoms with Crippen LogP contribution in [0.15, 0.2) is 46.4 Å². The topological polar surface area (TPSA) is 82.5 Å². The summed E-state index contributed by atoms with van der Waals surface area (Å²) < 4.78 is 29.2. The van der Waals surface area contributed by atoms with Crippen LogP contribution in [0.25, 0.3) is 0 Å². The minimum absolute atomic E-state index is 0.0472. The van der Waals surface area contributed by atoms with Crippen molar-refractivity contribution < 1.29 is 13.6 Å². The molecule has 2 aliphatic rings. The Morgan fingerprint density at radius 1 is 1.28 bits per heavy atom. The number of carbonyl (C=O) groups is 1. The lowest BCUT2D eigenvalue weighted by Gasteiger charge is -2.46. The van der Waals surface area contributed by atoms with Crippen LogP contribution in [0.1, 0.15) is 32.6 Å². The van der Waals surface area contributed by atoms with Crippen molar-refractivity contribution >= 4 is 44.7 Å². The van der Waals surface area contributed by atoms with E-state index in [1.807, 2.05) is 12.1 Å². The van der Waals surface area contributed by atoms with Gasteiger partial charge >= 0.3 is 0 Å². The summed E-state index contributed by atoms with van der Waals surface area (Å²) >= 11 is 3.30. The molecule has 4 rings (SSSR count).